The molecule has 0 bridgehead atoms. The maximum absolute atomic E-state index is 13.3. The molecule has 1 aliphatic carbocycles. The molecule has 1 fully saturated rings. The largest absolute Gasteiger partial charge is 0.348 e. The van der Waals surface area contributed by atoms with Crippen LogP contribution in [-0.4, -0.2) is 28.3 Å². The van der Waals surface area contributed by atoms with Crippen LogP contribution in [0.15, 0.2) is 54.7 Å². The van der Waals surface area contributed by atoms with Gasteiger partial charge in [0.25, 0.3) is 5.91 Å². The first-order valence-corrected chi connectivity index (χ1v) is 9.48. The van der Waals surface area contributed by atoms with Crippen LogP contribution in [-0.2, 0) is 0 Å². The van der Waals surface area contributed by atoms with Crippen LogP contribution < -0.4 is 11.1 Å². The number of nitrogens with zero attached hydrogens (tertiary/aromatic N) is 2. The number of aryl methyl sites for hydroxylation is 1. The summed E-state index contributed by atoms with van der Waals surface area (Å²) in [7, 11) is 0. The first-order chi connectivity index (χ1) is 13.5. The van der Waals surface area contributed by atoms with Crippen molar-refractivity contribution in [2.24, 2.45) is 11.7 Å². The molecule has 4 rings (SSSR count). The minimum Gasteiger partial charge on any atom is -0.348 e. The average Bonchev–Trinajstić information content (AvgIpc) is 3.45. The molecular formula is C22H23FN4O. The molecular weight excluding hydrogens is 355 g/mol. The zero-order valence-corrected chi connectivity index (χ0v) is 15.7. The number of nitrogens with two attached hydrogens (primary N) is 1. The highest BCUT2D eigenvalue weighted by Gasteiger charge is 2.32. The quantitative estimate of drug-likeness (QED) is 0.690. The lowest BCUT2D eigenvalue weighted by Crippen LogP contribution is -2.41. The Kier molecular flexibility index (Phi) is 4.96. The Bertz CT molecular complexity index is 975. The highest BCUT2D eigenvalue weighted by molar-refractivity contribution is 6.00. The topological polar surface area (TPSA) is 72.9 Å². The van der Waals surface area contributed by atoms with Crippen molar-refractivity contribution in [2.45, 2.75) is 25.8 Å². The second-order valence-electron chi connectivity index (χ2n) is 7.33. The van der Waals surface area contributed by atoms with Crippen LogP contribution >= 0.6 is 0 Å². The van der Waals surface area contributed by atoms with Crippen molar-refractivity contribution < 1.29 is 9.18 Å². The van der Waals surface area contributed by atoms with Crippen LogP contribution in [0.2, 0.25) is 0 Å². The Morgan fingerprint density at radius 3 is 2.50 bits per heavy atom. The van der Waals surface area contributed by atoms with E-state index in [9.17, 15) is 9.18 Å². The lowest BCUT2D eigenvalue weighted by Gasteiger charge is -2.15. The molecule has 0 aliphatic heterocycles. The van der Waals surface area contributed by atoms with Gasteiger partial charge in [-0.1, -0.05) is 29.8 Å². The molecule has 1 amide bonds. The van der Waals surface area contributed by atoms with Gasteiger partial charge >= 0.3 is 0 Å². The maximum atomic E-state index is 13.3. The van der Waals surface area contributed by atoms with Gasteiger partial charge in [0.1, 0.15) is 11.5 Å². The normalized spacial score (nSPS) is 14.7. The molecule has 1 heterocycles. The van der Waals surface area contributed by atoms with Crippen LogP contribution in [0.25, 0.3) is 16.9 Å². The van der Waals surface area contributed by atoms with Crippen molar-refractivity contribution in [3.8, 4) is 16.9 Å². The van der Waals surface area contributed by atoms with Crippen molar-refractivity contribution in [3.05, 3.63) is 71.7 Å². The number of aromatic nitrogens is 2. The zero-order chi connectivity index (χ0) is 19.7. The summed E-state index contributed by atoms with van der Waals surface area (Å²) in [5, 5.41) is 7.69. The average molecular weight is 378 g/mol. The molecule has 1 saturated carbocycles. The Balaban J connectivity index is 1.72. The number of hydrogen-bond acceptors (Lipinski definition) is 3. The molecule has 1 unspecified atom stereocenters. The summed E-state index contributed by atoms with van der Waals surface area (Å²) < 4.78 is 14.9. The first kappa shape index (κ1) is 18.4. The number of rotatable bonds is 6. The molecule has 0 radical (unpaired) electrons. The third kappa shape index (κ3) is 3.82. The summed E-state index contributed by atoms with van der Waals surface area (Å²) in [4.78, 5) is 13.0. The van der Waals surface area contributed by atoms with E-state index in [0.717, 1.165) is 24.0 Å². The summed E-state index contributed by atoms with van der Waals surface area (Å²) in [6, 6.07) is 13.9. The summed E-state index contributed by atoms with van der Waals surface area (Å²) in [5.41, 5.74) is 9.59. The molecule has 2 aromatic carbocycles. The predicted molar refractivity (Wildman–Crippen MR) is 107 cm³/mol. The third-order valence-corrected chi connectivity index (χ3v) is 5.14. The van der Waals surface area contributed by atoms with E-state index in [-0.39, 0.29) is 17.8 Å². The van der Waals surface area contributed by atoms with Gasteiger partial charge in [0.05, 0.1) is 11.3 Å². The molecule has 1 aromatic heterocycles. The van der Waals surface area contributed by atoms with Gasteiger partial charge in [-0.2, -0.15) is 5.10 Å². The van der Waals surface area contributed by atoms with E-state index in [4.69, 9.17) is 5.73 Å². The van der Waals surface area contributed by atoms with Crippen LogP contribution in [0.3, 0.4) is 0 Å². The van der Waals surface area contributed by atoms with Gasteiger partial charge in [-0.25, -0.2) is 9.07 Å². The van der Waals surface area contributed by atoms with E-state index >= 15 is 0 Å². The van der Waals surface area contributed by atoms with E-state index in [2.05, 4.69) is 10.4 Å². The number of carbonyl (C=O) groups is 1. The zero-order valence-electron chi connectivity index (χ0n) is 15.7. The third-order valence-electron chi connectivity index (χ3n) is 5.14. The van der Waals surface area contributed by atoms with E-state index in [0.29, 0.717) is 29.4 Å². The van der Waals surface area contributed by atoms with Gasteiger partial charge in [-0.3, -0.25) is 4.79 Å². The number of nitrogens with one attached hydrogen (secondary N) is 1. The van der Waals surface area contributed by atoms with E-state index in [1.165, 1.54) is 12.1 Å². The van der Waals surface area contributed by atoms with Gasteiger partial charge < -0.3 is 11.1 Å². The van der Waals surface area contributed by atoms with Crippen molar-refractivity contribution >= 4 is 5.91 Å². The van der Waals surface area contributed by atoms with Crippen molar-refractivity contribution in [1.82, 2.24) is 15.1 Å². The Hall–Kier alpha value is -2.99. The fourth-order valence-corrected chi connectivity index (χ4v) is 3.30. The summed E-state index contributed by atoms with van der Waals surface area (Å²) >= 11 is 0. The smallest absolute Gasteiger partial charge is 0.255 e. The maximum Gasteiger partial charge on any atom is 0.255 e. The molecule has 1 atom stereocenters. The molecule has 6 heteroatoms. The van der Waals surface area contributed by atoms with Crippen molar-refractivity contribution in [1.29, 1.82) is 0 Å². The van der Waals surface area contributed by atoms with Gasteiger partial charge in [0.2, 0.25) is 0 Å². The molecule has 28 heavy (non-hydrogen) atoms. The lowest BCUT2D eigenvalue weighted by atomic mass is 10.1. The monoisotopic (exact) mass is 378 g/mol. The predicted octanol–water partition coefficient (Wildman–Crippen LogP) is 3.45. The molecule has 3 N–H and O–H groups in total. The molecule has 0 saturated heterocycles. The van der Waals surface area contributed by atoms with Gasteiger partial charge in [-0.15, -0.1) is 0 Å². The van der Waals surface area contributed by atoms with Gasteiger partial charge in [0.15, 0.2) is 0 Å². The Morgan fingerprint density at radius 2 is 1.89 bits per heavy atom. The van der Waals surface area contributed by atoms with E-state index < -0.39 is 0 Å². The summed E-state index contributed by atoms with van der Waals surface area (Å²) in [5.74, 6) is -0.0435. The summed E-state index contributed by atoms with van der Waals surface area (Å²) in [6.07, 6.45) is 3.89. The minimum atomic E-state index is -0.317. The van der Waals surface area contributed by atoms with Crippen LogP contribution in [0, 0.1) is 18.7 Å². The standard InChI is InChI=1S/C22H23FN4O/c1-14-2-4-16(5-3-14)21-19(22(28)25-20(12-24)15-6-7-15)13-27(26-21)18-10-8-17(23)9-11-18/h2-5,8-11,13,15,20H,6-7,12,24H2,1H3,(H,25,28). The Labute approximate surface area is 163 Å². The molecule has 5 nitrogen and oxygen atoms in total. The number of amides is 1. The SMILES string of the molecule is Cc1ccc(-c2nn(-c3ccc(F)cc3)cc2C(=O)NC(CN)C2CC2)cc1. The van der Waals surface area contributed by atoms with Crippen LogP contribution in [0.1, 0.15) is 28.8 Å². The Morgan fingerprint density at radius 1 is 1.21 bits per heavy atom. The lowest BCUT2D eigenvalue weighted by molar-refractivity contribution is 0.0934. The van der Waals surface area contributed by atoms with E-state index in [1.807, 2.05) is 31.2 Å². The highest BCUT2D eigenvalue weighted by Crippen LogP contribution is 2.32. The fourth-order valence-electron chi connectivity index (χ4n) is 3.30. The minimum absolute atomic E-state index is 0.0208. The molecule has 3 aromatic rings. The molecule has 0 spiro atoms. The second-order valence-corrected chi connectivity index (χ2v) is 7.33. The van der Waals surface area contributed by atoms with Gasteiger partial charge in [-0.05, 0) is 49.9 Å². The van der Waals surface area contributed by atoms with Crippen LogP contribution in [0.5, 0.6) is 0 Å². The number of benzene rings is 2. The van der Waals surface area contributed by atoms with Crippen molar-refractivity contribution in [3.63, 3.8) is 0 Å². The van der Waals surface area contributed by atoms with Gasteiger partial charge in [0, 0.05) is 24.3 Å². The number of halogens is 1. The summed E-state index contributed by atoms with van der Waals surface area (Å²) in [6.45, 7) is 2.43. The van der Waals surface area contributed by atoms with Crippen LogP contribution in [0.4, 0.5) is 4.39 Å². The molecule has 144 valence electrons. The number of hydrogen-bond donors (Lipinski definition) is 2. The van der Waals surface area contributed by atoms with Crippen molar-refractivity contribution in [2.75, 3.05) is 6.54 Å². The number of carbonyl (C=O) groups excluding carboxylic acids is 1. The highest BCUT2D eigenvalue weighted by atomic mass is 19.1. The van der Waals surface area contributed by atoms with E-state index in [1.54, 1.807) is 23.0 Å². The second kappa shape index (κ2) is 7.56. The molecule has 1 aliphatic rings. The first-order valence-electron chi connectivity index (χ1n) is 9.48. The fraction of sp³-hybridized carbons (Fsp3) is 0.273.